The summed E-state index contributed by atoms with van der Waals surface area (Å²) in [5, 5.41) is 23.1. The normalized spacial score (nSPS) is 19.5. The lowest BCUT2D eigenvalue weighted by atomic mass is 9.70. The van der Waals surface area contributed by atoms with E-state index in [9.17, 15) is 10.2 Å². The second kappa shape index (κ2) is 11.4. The van der Waals surface area contributed by atoms with Gasteiger partial charge in [0, 0.05) is 41.9 Å². The van der Waals surface area contributed by atoms with Crippen molar-refractivity contribution in [2.45, 2.75) is 130 Å². The van der Waals surface area contributed by atoms with E-state index in [1.807, 2.05) is 0 Å². The highest BCUT2D eigenvalue weighted by Gasteiger charge is 2.34. The molecule has 0 heterocycles. The van der Waals surface area contributed by atoms with Gasteiger partial charge in [0.25, 0.3) is 0 Å². The van der Waals surface area contributed by atoms with Gasteiger partial charge in [0.15, 0.2) is 0 Å². The number of benzene rings is 2. The maximum Gasteiger partial charge on any atom is 0.123 e. The van der Waals surface area contributed by atoms with Crippen molar-refractivity contribution in [2.24, 2.45) is 5.92 Å². The fourth-order valence-electron chi connectivity index (χ4n) is 7.26. The van der Waals surface area contributed by atoms with E-state index in [2.05, 4.69) is 70.7 Å². The molecule has 2 aliphatic carbocycles. The van der Waals surface area contributed by atoms with Gasteiger partial charge in [-0.3, -0.25) is 4.90 Å². The van der Waals surface area contributed by atoms with Gasteiger partial charge < -0.3 is 10.2 Å². The monoisotopic (exact) mass is 505 g/mol. The Labute approximate surface area is 226 Å². The fourth-order valence-corrected chi connectivity index (χ4v) is 7.26. The molecule has 0 amide bonds. The SMILES string of the molecule is Cc1cc(CN(Cc2cc(C)cc(C3(C)CCCCC3)c2O)CC(C)C)c(O)c(C2(C)CCCCC2)c1. The van der Waals surface area contributed by atoms with E-state index < -0.39 is 0 Å². The molecule has 3 heteroatoms. The third kappa shape index (κ3) is 6.36. The summed E-state index contributed by atoms with van der Waals surface area (Å²) in [5.41, 5.74) is 6.89. The molecule has 2 aromatic rings. The number of phenols is 2. The lowest BCUT2D eigenvalue weighted by molar-refractivity contribution is 0.220. The summed E-state index contributed by atoms with van der Waals surface area (Å²) in [6.07, 6.45) is 12.2. The van der Waals surface area contributed by atoms with Crippen molar-refractivity contribution in [3.05, 3.63) is 57.6 Å². The predicted molar refractivity (Wildman–Crippen MR) is 156 cm³/mol. The van der Waals surface area contributed by atoms with Gasteiger partial charge in [-0.25, -0.2) is 0 Å². The minimum atomic E-state index is 0.0606. The Balaban J connectivity index is 1.65. The number of aryl methyl sites for hydroxylation is 2. The van der Waals surface area contributed by atoms with Gasteiger partial charge in [-0.15, -0.1) is 0 Å². The molecule has 2 N–H and O–H groups in total. The molecule has 0 unspecified atom stereocenters. The van der Waals surface area contributed by atoms with Crippen LogP contribution >= 0.6 is 0 Å². The van der Waals surface area contributed by atoms with Crippen molar-refractivity contribution in [3.8, 4) is 11.5 Å². The van der Waals surface area contributed by atoms with Crippen molar-refractivity contribution >= 4 is 0 Å². The Kier molecular flexibility index (Phi) is 8.63. The molecule has 2 aromatic carbocycles. The predicted octanol–water partition coefficient (Wildman–Crippen LogP) is 8.82. The van der Waals surface area contributed by atoms with Crippen LogP contribution in [0.15, 0.2) is 24.3 Å². The Morgan fingerprint density at radius 2 is 1.05 bits per heavy atom. The molecule has 2 fully saturated rings. The van der Waals surface area contributed by atoms with E-state index in [0.29, 0.717) is 30.5 Å². The molecule has 4 rings (SSSR count). The summed E-state index contributed by atoms with van der Waals surface area (Å²) in [7, 11) is 0. The summed E-state index contributed by atoms with van der Waals surface area (Å²) < 4.78 is 0. The second-order valence-corrected chi connectivity index (χ2v) is 13.4. The Hall–Kier alpha value is -2.00. The van der Waals surface area contributed by atoms with E-state index in [1.165, 1.54) is 49.7 Å². The Bertz CT molecular complexity index is 992. The van der Waals surface area contributed by atoms with E-state index in [-0.39, 0.29) is 10.8 Å². The first-order valence-corrected chi connectivity index (χ1v) is 14.9. The molecular weight excluding hydrogens is 454 g/mol. The minimum Gasteiger partial charge on any atom is -0.507 e. The summed E-state index contributed by atoms with van der Waals surface area (Å²) in [6, 6.07) is 8.78. The van der Waals surface area contributed by atoms with Crippen LogP contribution in [0.3, 0.4) is 0 Å². The van der Waals surface area contributed by atoms with Crippen LogP contribution in [0.4, 0.5) is 0 Å². The average Bonchev–Trinajstić information content (AvgIpc) is 2.83. The van der Waals surface area contributed by atoms with E-state index in [1.54, 1.807) is 0 Å². The fraction of sp³-hybridized carbons (Fsp3) is 0.647. The van der Waals surface area contributed by atoms with Crippen LogP contribution in [-0.4, -0.2) is 21.7 Å². The third-order valence-electron chi connectivity index (χ3n) is 9.29. The van der Waals surface area contributed by atoms with E-state index in [4.69, 9.17) is 0 Å². The summed E-state index contributed by atoms with van der Waals surface area (Å²) >= 11 is 0. The van der Waals surface area contributed by atoms with Crippen LogP contribution in [-0.2, 0) is 23.9 Å². The van der Waals surface area contributed by atoms with E-state index in [0.717, 1.165) is 54.5 Å². The topological polar surface area (TPSA) is 43.7 Å². The maximum atomic E-state index is 11.6. The van der Waals surface area contributed by atoms with Gasteiger partial charge in [-0.1, -0.05) is 102 Å². The van der Waals surface area contributed by atoms with Crippen molar-refractivity contribution in [1.29, 1.82) is 0 Å². The molecule has 2 saturated carbocycles. The molecule has 3 nitrogen and oxygen atoms in total. The van der Waals surface area contributed by atoms with Gasteiger partial charge >= 0.3 is 0 Å². The average molecular weight is 506 g/mol. The number of nitrogens with zero attached hydrogens (tertiary/aromatic N) is 1. The lowest BCUT2D eigenvalue weighted by Gasteiger charge is -2.36. The van der Waals surface area contributed by atoms with Gasteiger partial charge in [-0.2, -0.15) is 0 Å². The van der Waals surface area contributed by atoms with Crippen molar-refractivity contribution < 1.29 is 10.2 Å². The maximum absolute atomic E-state index is 11.6. The molecule has 0 spiro atoms. The molecule has 37 heavy (non-hydrogen) atoms. The van der Waals surface area contributed by atoms with Crippen LogP contribution in [0.1, 0.15) is 125 Å². The zero-order chi connectivity index (χ0) is 26.8. The quantitative estimate of drug-likeness (QED) is 0.377. The van der Waals surface area contributed by atoms with Gasteiger partial charge in [0.2, 0.25) is 0 Å². The van der Waals surface area contributed by atoms with Crippen molar-refractivity contribution in [2.75, 3.05) is 6.54 Å². The smallest absolute Gasteiger partial charge is 0.123 e. The summed E-state index contributed by atoms with van der Waals surface area (Å²) in [4.78, 5) is 2.42. The van der Waals surface area contributed by atoms with Crippen LogP contribution in [0.5, 0.6) is 11.5 Å². The number of rotatable bonds is 8. The highest BCUT2D eigenvalue weighted by Crippen LogP contribution is 2.46. The zero-order valence-electron chi connectivity index (χ0n) is 24.4. The van der Waals surface area contributed by atoms with Crippen LogP contribution in [0, 0.1) is 19.8 Å². The van der Waals surface area contributed by atoms with Crippen molar-refractivity contribution in [3.63, 3.8) is 0 Å². The molecule has 0 aromatic heterocycles. The molecule has 0 atom stereocenters. The van der Waals surface area contributed by atoms with Crippen LogP contribution < -0.4 is 0 Å². The molecular formula is C34H51NO2. The summed E-state index contributed by atoms with van der Waals surface area (Å²) in [5.74, 6) is 1.48. The molecule has 2 aliphatic rings. The number of phenolic OH excluding ortho intramolecular Hbond substituents is 2. The highest BCUT2D eigenvalue weighted by molar-refractivity contribution is 5.49. The molecule has 204 valence electrons. The molecule has 0 saturated heterocycles. The minimum absolute atomic E-state index is 0.0606. The molecule has 0 radical (unpaired) electrons. The first-order valence-electron chi connectivity index (χ1n) is 14.9. The van der Waals surface area contributed by atoms with Gasteiger partial charge in [0.1, 0.15) is 11.5 Å². The standard InChI is InChI=1S/C34H51NO2/c1-24(2)21-35(22-27-17-25(3)19-29(31(27)36)33(5)13-9-7-10-14-33)23-28-18-26(4)20-30(32(28)37)34(6)15-11-8-12-16-34/h17-20,24,36-37H,7-16,21-23H2,1-6H3. The number of aromatic hydroxyl groups is 2. The Morgan fingerprint density at radius 1 is 0.676 bits per heavy atom. The third-order valence-corrected chi connectivity index (χ3v) is 9.29. The largest absolute Gasteiger partial charge is 0.507 e. The lowest BCUT2D eigenvalue weighted by Crippen LogP contribution is -2.29. The van der Waals surface area contributed by atoms with Crippen molar-refractivity contribution in [1.82, 2.24) is 4.90 Å². The second-order valence-electron chi connectivity index (χ2n) is 13.4. The highest BCUT2D eigenvalue weighted by atomic mass is 16.3. The van der Waals surface area contributed by atoms with Crippen LogP contribution in [0.25, 0.3) is 0 Å². The van der Waals surface area contributed by atoms with Crippen LogP contribution in [0.2, 0.25) is 0 Å². The first kappa shape index (κ1) is 28.0. The summed E-state index contributed by atoms with van der Waals surface area (Å²) in [6.45, 7) is 15.8. The van der Waals surface area contributed by atoms with E-state index >= 15 is 0 Å². The number of hydrogen-bond donors (Lipinski definition) is 2. The van der Waals surface area contributed by atoms with Gasteiger partial charge in [0.05, 0.1) is 0 Å². The van der Waals surface area contributed by atoms with Gasteiger partial charge in [-0.05, 0) is 56.3 Å². The molecule has 0 aliphatic heterocycles. The Morgan fingerprint density at radius 3 is 1.41 bits per heavy atom. The first-order chi connectivity index (χ1) is 17.5. The zero-order valence-corrected chi connectivity index (χ0v) is 24.4. The number of hydrogen-bond acceptors (Lipinski definition) is 3. The molecule has 0 bridgehead atoms.